The highest BCUT2D eigenvalue weighted by Gasteiger charge is 2.18. The summed E-state index contributed by atoms with van der Waals surface area (Å²) in [5.41, 5.74) is 0. The maximum atomic E-state index is 4.28. The number of aryl methyl sites for hydroxylation is 1. The number of rotatable bonds is 6. The fourth-order valence-electron chi connectivity index (χ4n) is 2.73. The molecule has 5 nitrogen and oxygen atoms in total. The van der Waals surface area contributed by atoms with E-state index in [9.17, 15) is 0 Å². The minimum Gasteiger partial charge on any atom is -0.317 e. The van der Waals surface area contributed by atoms with Crippen LogP contribution in [0.5, 0.6) is 0 Å². The maximum Gasteiger partial charge on any atom is 0.146 e. The van der Waals surface area contributed by atoms with Crippen molar-refractivity contribution in [3.63, 3.8) is 0 Å². The van der Waals surface area contributed by atoms with E-state index < -0.39 is 0 Å². The second-order valence-corrected chi connectivity index (χ2v) is 5.60. The molecule has 1 N–H and O–H groups in total. The van der Waals surface area contributed by atoms with Crippen LogP contribution in [-0.2, 0) is 13.6 Å². The summed E-state index contributed by atoms with van der Waals surface area (Å²) in [5, 5.41) is 12.1. The van der Waals surface area contributed by atoms with E-state index in [1.165, 1.54) is 32.2 Å². The molecule has 2 heterocycles. The average molecular weight is 265 g/mol. The number of nitrogens with zero attached hydrogens (tertiary/aromatic N) is 4. The average Bonchev–Trinajstić information content (AvgIpc) is 2.72. The summed E-state index contributed by atoms with van der Waals surface area (Å²) in [6.45, 7) is 8.58. The standard InChI is InChI=1S/C14H27N5/c1-4-9-19(10-13-7-5-6-8-15-13)11-14-17-16-12(2)18(14)3/h13,15H,4-11H2,1-3H3. The first-order valence-electron chi connectivity index (χ1n) is 7.51. The Bertz CT molecular complexity index is 381. The van der Waals surface area contributed by atoms with Crippen LogP contribution in [0.2, 0.25) is 0 Å². The third-order valence-corrected chi connectivity index (χ3v) is 3.98. The molecule has 0 radical (unpaired) electrons. The van der Waals surface area contributed by atoms with Gasteiger partial charge in [0.25, 0.3) is 0 Å². The Morgan fingerprint density at radius 1 is 1.37 bits per heavy atom. The van der Waals surface area contributed by atoms with Gasteiger partial charge in [0.2, 0.25) is 0 Å². The zero-order chi connectivity index (χ0) is 13.7. The van der Waals surface area contributed by atoms with Gasteiger partial charge in [-0.1, -0.05) is 13.3 Å². The van der Waals surface area contributed by atoms with Crippen LogP contribution in [-0.4, -0.2) is 45.3 Å². The van der Waals surface area contributed by atoms with Crippen molar-refractivity contribution in [3.05, 3.63) is 11.6 Å². The highest BCUT2D eigenvalue weighted by atomic mass is 15.3. The Hall–Kier alpha value is -0.940. The highest BCUT2D eigenvalue weighted by molar-refractivity contribution is 4.93. The molecule has 0 amide bonds. The molecule has 0 bridgehead atoms. The third-order valence-electron chi connectivity index (χ3n) is 3.98. The Labute approximate surface area is 116 Å². The first kappa shape index (κ1) is 14.5. The Balaban J connectivity index is 1.93. The van der Waals surface area contributed by atoms with Crippen LogP contribution in [0.15, 0.2) is 0 Å². The van der Waals surface area contributed by atoms with Crippen molar-refractivity contribution in [2.75, 3.05) is 19.6 Å². The number of hydrogen-bond acceptors (Lipinski definition) is 4. The van der Waals surface area contributed by atoms with Crippen LogP contribution in [0.1, 0.15) is 44.3 Å². The topological polar surface area (TPSA) is 46.0 Å². The van der Waals surface area contributed by atoms with Gasteiger partial charge in [-0.2, -0.15) is 0 Å². The Morgan fingerprint density at radius 3 is 2.79 bits per heavy atom. The molecule has 1 atom stereocenters. The van der Waals surface area contributed by atoms with E-state index in [1.807, 2.05) is 14.0 Å². The third kappa shape index (κ3) is 4.01. The lowest BCUT2D eigenvalue weighted by Crippen LogP contribution is -2.43. The molecule has 19 heavy (non-hydrogen) atoms. The van der Waals surface area contributed by atoms with E-state index in [4.69, 9.17) is 0 Å². The van der Waals surface area contributed by atoms with Gasteiger partial charge < -0.3 is 9.88 Å². The number of nitrogens with one attached hydrogen (secondary N) is 1. The van der Waals surface area contributed by atoms with Crippen molar-refractivity contribution in [2.45, 2.75) is 52.1 Å². The van der Waals surface area contributed by atoms with E-state index in [0.717, 1.165) is 31.3 Å². The molecule has 1 aromatic rings. The maximum absolute atomic E-state index is 4.28. The van der Waals surface area contributed by atoms with E-state index in [1.54, 1.807) is 0 Å². The van der Waals surface area contributed by atoms with E-state index in [2.05, 4.69) is 31.9 Å². The minimum absolute atomic E-state index is 0.648. The number of piperidine rings is 1. The molecule has 0 aromatic carbocycles. The van der Waals surface area contributed by atoms with Gasteiger partial charge in [0.05, 0.1) is 6.54 Å². The molecule has 0 saturated carbocycles. The molecular formula is C14H27N5. The van der Waals surface area contributed by atoms with E-state index in [-0.39, 0.29) is 0 Å². The smallest absolute Gasteiger partial charge is 0.146 e. The molecule has 0 aliphatic carbocycles. The lowest BCUT2D eigenvalue weighted by atomic mass is 10.0. The van der Waals surface area contributed by atoms with Crippen LogP contribution in [0.3, 0.4) is 0 Å². The Morgan fingerprint density at radius 2 is 2.21 bits per heavy atom. The number of hydrogen-bond donors (Lipinski definition) is 1. The molecule has 108 valence electrons. The van der Waals surface area contributed by atoms with Crippen LogP contribution >= 0.6 is 0 Å². The molecule has 5 heteroatoms. The van der Waals surface area contributed by atoms with Crippen molar-refractivity contribution >= 4 is 0 Å². The Kier molecular flexibility index (Phi) is 5.34. The van der Waals surface area contributed by atoms with Gasteiger partial charge >= 0.3 is 0 Å². The second-order valence-electron chi connectivity index (χ2n) is 5.60. The largest absolute Gasteiger partial charge is 0.317 e. The summed E-state index contributed by atoms with van der Waals surface area (Å²) in [7, 11) is 2.05. The van der Waals surface area contributed by atoms with Crippen LogP contribution in [0, 0.1) is 6.92 Å². The molecule has 1 saturated heterocycles. The van der Waals surface area contributed by atoms with Crippen molar-refractivity contribution in [3.8, 4) is 0 Å². The zero-order valence-corrected chi connectivity index (χ0v) is 12.5. The van der Waals surface area contributed by atoms with Gasteiger partial charge in [-0.05, 0) is 39.3 Å². The normalized spacial score (nSPS) is 20.1. The molecule has 1 unspecified atom stereocenters. The van der Waals surface area contributed by atoms with E-state index in [0.29, 0.717) is 6.04 Å². The minimum atomic E-state index is 0.648. The lowest BCUT2D eigenvalue weighted by molar-refractivity contribution is 0.211. The van der Waals surface area contributed by atoms with Crippen molar-refractivity contribution < 1.29 is 0 Å². The fraction of sp³-hybridized carbons (Fsp3) is 0.857. The van der Waals surface area contributed by atoms with Crippen molar-refractivity contribution in [1.82, 2.24) is 25.0 Å². The van der Waals surface area contributed by atoms with Crippen LogP contribution in [0.25, 0.3) is 0 Å². The fourth-order valence-corrected chi connectivity index (χ4v) is 2.73. The van der Waals surface area contributed by atoms with Crippen LogP contribution in [0.4, 0.5) is 0 Å². The molecule has 1 aliphatic rings. The summed E-state index contributed by atoms with van der Waals surface area (Å²) in [6, 6.07) is 0.648. The van der Waals surface area contributed by atoms with Crippen molar-refractivity contribution in [1.29, 1.82) is 0 Å². The van der Waals surface area contributed by atoms with E-state index >= 15 is 0 Å². The summed E-state index contributed by atoms with van der Waals surface area (Å²) in [5.74, 6) is 2.06. The van der Waals surface area contributed by atoms with Gasteiger partial charge in [-0.15, -0.1) is 10.2 Å². The molecule has 0 spiro atoms. The quantitative estimate of drug-likeness (QED) is 0.846. The van der Waals surface area contributed by atoms with Gasteiger partial charge in [-0.3, -0.25) is 4.90 Å². The number of aromatic nitrogens is 3. The second kappa shape index (κ2) is 7.01. The van der Waals surface area contributed by atoms with Crippen molar-refractivity contribution in [2.24, 2.45) is 7.05 Å². The predicted octanol–water partition coefficient (Wildman–Crippen LogP) is 1.48. The molecule has 2 rings (SSSR count). The summed E-state index contributed by atoms with van der Waals surface area (Å²) in [4.78, 5) is 2.51. The van der Waals surface area contributed by atoms with Crippen LogP contribution < -0.4 is 5.32 Å². The molecule has 1 aromatic heterocycles. The SMILES string of the molecule is CCCN(Cc1nnc(C)n1C)CC1CCCCN1. The molecule has 1 fully saturated rings. The summed E-state index contributed by atoms with van der Waals surface area (Å²) >= 11 is 0. The summed E-state index contributed by atoms with van der Waals surface area (Å²) < 4.78 is 2.09. The van der Waals surface area contributed by atoms with Gasteiger partial charge in [0, 0.05) is 19.6 Å². The first-order chi connectivity index (χ1) is 9.20. The molecular weight excluding hydrogens is 238 g/mol. The van der Waals surface area contributed by atoms with Gasteiger partial charge in [-0.25, -0.2) is 0 Å². The van der Waals surface area contributed by atoms with Gasteiger partial charge in [0.1, 0.15) is 11.6 Å². The molecule has 1 aliphatic heterocycles. The van der Waals surface area contributed by atoms with Gasteiger partial charge in [0.15, 0.2) is 0 Å². The zero-order valence-electron chi connectivity index (χ0n) is 12.5. The first-order valence-corrected chi connectivity index (χ1v) is 7.51. The predicted molar refractivity (Wildman–Crippen MR) is 76.9 cm³/mol. The highest BCUT2D eigenvalue weighted by Crippen LogP contribution is 2.11. The lowest BCUT2D eigenvalue weighted by Gasteiger charge is -2.30. The monoisotopic (exact) mass is 265 g/mol. The summed E-state index contributed by atoms with van der Waals surface area (Å²) in [6.07, 6.45) is 5.18.